The van der Waals surface area contributed by atoms with Gasteiger partial charge in [0.25, 0.3) is 11.8 Å². The first-order valence-electron chi connectivity index (χ1n) is 11.6. The van der Waals surface area contributed by atoms with Crippen molar-refractivity contribution in [3.05, 3.63) is 81.9 Å². The number of likely N-dealkylation sites (tertiary alicyclic amines) is 1. The van der Waals surface area contributed by atoms with Gasteiger partial charge in [-0.2, -0.15) is 0 Å². The van der Waals surface area contributed by atoms with Crippen molar-refractivity contribution < 1.29 is 14.0 Å². The van der Waals surface area contributed by atoms with E-state index in [4.69, 9.17) is 0 Å². The molecule has 3 aromatic heterocycles. The van der Waals surface area contributed by atoms with Gasteiger partial charge in [-0.15, -0.1) is 11.3 Å². The van der Waals surface area contributed by atoms with Crippen LogP contribution in [0.4, 0.5) is 10.3 Å². The zero-order chi connectivity index (χ0) is 25.4. The number of pyridine rings is 1. The van der Waals surface area contributed by atoms with E-state index in [0.717, 1.165) is 17.3 Å². The standard InChI is InChI=1S/C26H25FN6O2S/c1-14-6-15(2)8-17(7-14)24(34)30-20-12-33(13-20)25(35)22-23-21(4-5-36-23)31-26(32-22)29-16(3)18-9-19(27)11-28-10-18/h4-11,16,20H,12-13H2,1-3H3,(H,30,34)(H,29,31,32). The van der Waals surface area contributed by atoms with E-state index in [0.29, 0.717) is 40.1 Å². The van der Waals surface area contributed by atoms with Crippen LogP contribution in [-0.4, -0.2) is 50.8 Å². The first kappa shape index (κ1) is 23.8. The lowest BCUT2D eigenvalue weighted by Gasteiger charge is -2.39. The van der Waals surface area contributed by atoms with Crippen LogP contribution in [0.25, 0.3) is 10.2 Å². The zero-order valence-electron chi connectivity index (χ0n) is 20.1. The topological polar surface area (TPSA) is 100 Å². The second-order valence-electron chi connectivity index (χ2n) is 9.09. The van der Waals surface area contributed by atoms with E-state index < -0.39 is 5.82 Å². The third-order valence-corrected chi connectivity index (χ3v) is 6.98. The van der Waals surface area contributed by atoms with Crippen molar-refractivity contribution in [1.29, 1.82) is 0 Å². The number of aromatic nitrogens is 3. The van der Waals surface area contributed by atoms with E-state index in [1.165, 1.54) is 17.4 Å². The monoisotopic (exact) mass is 504 g/mol. The Bertz CT molecular complexity index is 1450. The highest BCUT2D eigenvalue weighted by Crippen LogP contribution is 2.27. The molecule has 0 saturated carbocycles. The van der Waals surface area contributed by atoms with Crippen LogP contribution in [0.1, 0.15) is 50.5 Å². The van der Waals surface area contributed by atoms with Gasteiger partial charge in [-0.25, -0.2) is 14.4 Å². The molecule has 1 atom stereocenters. The maximum atomic E-state index is 13.6. The van der Waals surface area contributed by atoms with Gasteiger partial charge in [0.15, 0.2) is 5.69 Å². The van der Waals surface area contributed by atoms with E-state index in [-0.39, 0.29) is 29.8 Å². The molecule has 4 aromatic rings. The molecule has 1 unspecified atom stereocenters. The molecule has 2 amide bonds. The van der Waals surface area contributed by atoms with Crippen molar-refractivity contribution in [3.8, 4) is 0 Å². The fraction of sp³-hybridized carbons (Fsp3) is 0.269. The average Bonchev–Trinajstić information content (AvgIpc) is 3.28. The van der Waals surface area contributed by atoms with Gasteiger partial charge in [0.2, 0.25) is 5.95 Å². The number of hydrogen-bond acceptors (Lipinski definition) is 7. The maximum Gasteiger partial charge on any atom is 0.274 e. The predicted octanol–water partition coefficient (Wildman–Crippen LogP) is 4.27. The van der Waals surface area contributed by atoms with E-state index in [9.17, 15) is 14.0 Å². The molecule has 4 heterocycles. The fourth-order valence-corrected chi connectivity index (χ4v) is 5.09. The van der Waals surface area contributed by atoms with Crippen LogP contribution >= 0.6 is 11.3 Å². The summed E-state index contributed by atoms with van der Waals surface area (Å²) in [6, 6.07) is 8.52. The molecule has 2 N–H and O–H groups in total. The van der Waals surface area contributed by atoms with Gasteiger partial charge in [0.05, 0.1) is 28.5 Å². The maximum absolute atomic E-state index is 13.6. The summed E-state index contributed by atoms with van der Waals surface area (Å²) in [4.78, 5) is 40.6. The van der Waals surface area contributed by atoms with E-state index >= 15 is 0 Å². The summed E-state index contributed by atoms with van der Waals surface area (Å²) >= 11 is 1.40. The largest absolute Gasteiger partial charge is 0.348 e. The number of fused-ring (bicyclic) bond motifs is 1. The quantitative estimate of drug-likeness (QED) is 0.407. The molecule has 1 aliphatic heterocycles. The minimum Gasteiger partial charge on any atom is -0.348 e. The Morgan fingerprint density at radius 2 is 1.86 bits per heavy atom. The SMILES string of the molecule is Cc1cc(C)cc(C(=O)NC2CN(C(=O)c3nc(NC(C)c4cncc(F)c4)nc4ccsc34)C2)c1. The van der Waals surface area contributed by atoms with Crippen molar-refractivity contribution in [1.82, 2.24) is 25.2 Å². The Labute approximate surface area is 211 Å². The number of halogens is 1. The van der Waals surface area contributed by atoms with Crippen LogP contribution in [-0.2, 0) is 0 Å². The number of benzene rings is 1. The minimum atomic E-state index is -0.428. The third-order valence-electron chi connectivity index (χ3n) is 6.07. The second kappa shape index (κ2) is 9.62. The summed E-state index contributed by atoms with van der Waals surface area (Å²) in [5.41, 5.74) is 4.28. The highest BCUT2D eigenvalue weighted by Gasteiger charge is 2.34. The Morgan fingerprint density at radius 1 is 1.11 bits per heavy atom. The normalized spacial score (nSPS) is 14.4. The number of hydrogen-bond donors (Lipinski definition) is 2. The molecule has 0 bridgehead atoms. The molecule has 1 fully saturated rings. The number of thiophene rings is 1. The molecule has 8 nitrogen and oxygen atoms in total. The number of amides is 2. The van der Waals surface area contributed by atoms with Crippen LogP contribution in [0.5, 0.6) is 0 Å². The predicted molar refractivity (Wildman–Crippen MR) is 137 cm³/mol. The number of anilines is 1. The molecule has 0 spiro atoms. The van der Waals surface area contributed by atoms with Crippen LogP contribution in [0.15, 0.2) is 48.1 Å². The van der Waals surface area contributed by atoms with Crippen LogP contribution in [0, 0.1) is 19.7 Å². The van der Waals surface area contributed by atoms with E-state index in [1.54, 1.807) is 11.1 Å². The molecule has 1 aliphatic rings. The second-order valence-corrected chi connectivity index (χ2v) is 10.0. The summed E-state index contributed by atoms with van der Waals surface area (Å²) in [5, 5.41) is 8.02. The van der Waals surface area contributed by atoms with Gasteiger partial charge in [0, 0.05) is 24.8 Å². The average molecular weight is 505 g/mol. The number of aryl methyl sites for hydroxylation is 2. The Balaban J connectivity index is 1.28. The summed E-state index contributed by atoms with van der Waals surface area (Å²) in [6.45, 7) is 6.57. The smallest absolute Gasteiger partial charge is 0.274 e. The molecule has 10 heteroatoms. The lowest BCUT2D eigenvalue weighted by Crippen LogP contribution is -2.61. The molecule has 184 valence electrons. The summed E-state index contributed by atoms with van der Waals surface area (Å²) in [6.07, 6.45) is 2.72. The van der Waals surface area contributed by atoms with Crippen molar-refractivity contribution in [3.63, 3.8) is 0 Å². The lowest BCUT2D eigenvalue weighted by atomic mass is 10.0. The van der Waals surface area contributed by atoms with Gasteiger partial charge in [-0.05, 0) is 56.0 Å². The highest BCUT2D eigenvalue weighted by molar-refractivity contribution is 7.17. The summed E-state index contributed by atoms with van der Waals surface area (Å²) in [5.74, 6) is -0.511. The van der Waals surface area contributed by atoms with Gasteiger partial charge in [-0.1, -0.05) is 17.2 Å². The summed E-state index contributed by atoms with van der Waals surface area (Å²) < 4.78 is 14.3. The van der Waals surface area contributed by atoms with E-state index in [2.05, 4.69) is 25.6 Å². The number of carbonyl (C=O) groups excluding carboxylic acids is 2. The number of nitrogens with one attached hydrogen (secondary N) is 2. The van der Waals surface area contributed by atoms with Gasteiger partial charge >= 0.3 is 0 Å². The van der Waals surface area contributed by atoms with Gasteiger partial charge < -0.3 is 15.5 Å². The van der Waals surface area contributed by atoms with Crippen molar-refractivity contribution >= 4 is 39.3 Å². The lowest BCUT2D eigenvalue weighted by molar-refractivity contribution is 0.0539. The number of rotatable bonds is 6. The number of carbonyl (C=O) groups is 2. The molecule has 5 rings (SSSR count). The van der Waals surface area contributed by atoms with Crippen molar-refractivity contribution in [2.24, 2.45) is 0 Å². The first-order valence-corrected chi connectivity index (χ1v) is 12.5. The van der Waals surface area contributed by atoms with Crippen molar-refractivity contribution in [2.45, 2.75) is 32.9 Å². The molecule has 36 heavy (non-hydrogen) atoms. The van der Waals surface area contributed by atoms with Crippen LogP contribution in [0.2, 0.25) is 0 Å². The Kier molecular flexibility index (Phi) is 6.36. The van der Waals surface area contributed by atoms with Gasteiger partial charge in [-0.3, -0.25) is 14.6 Å². The fourth-order valence-electron chi connectivity index (χ4n) is 4.28. The van der Waals surface area contributed by atoms with Crippen molar-refractivity contribution in [2.75, 3.05) is 18.4 Å². The molecule has 0 radical (unpaired) electrons. The first-order chi connectivity index (χ1) is 17.3. The Morgan fingerprint density at radius 3 is 2.58 bits per heavy atom. The van der Waals surface area contributed by atoms with E-state index in [1.807, 2.05) is 50.4 Å². The zero-order valence-corrected chi connectivity index (χ0v) is 20.9. The molecule has 1 aromatic carbocycles. The minimum absolute atomic E-state index is 0.124. The Hall–Kier alpha value is -3.92. The highest BCUT2D eigenvalue weighted by atomic mass is 32.1. The summed E-state index contributed by atoms with van der Waals surface area (Å²) in [7, 11) is 0. The van der Waals surface area contributed by atoms with Crippen LogP contribution < -0.4 is 10.6 Å². The molecular weight excluding hydrogens is 479 g/mol. The van der Waals surface area contributed by atoms with Gasteiger partial charge in [0.1, 0.15) is 5.82 Å². The third kappa shape index (κ3) is 4.90. The molecule has 0 aliphatic carbocycles. The number of nitrogens with zero attached hydrogens (tertiary/aromatic N) is 4. The molecule has 1 saturated heterocycles. The van der Waals surface area contributed by atoms with Crippen LogP contribution in [0.3, 0.4) is 0 Å². The molecular formula is C26H25FN6O2S.